The minimum absolute atomic E-state index is 0. The van der Waals surface area contributed by atoms with Gasteiger partial charge < -0.3 is 29.4 Å². The number of ether oxygens (including phenoxy) is 2. The van der Waals surface area contributed by atoms with Crippen LogP contribution >= 0.6 is 12.4 Å². The number of nitrogens with zero attached hydrogens (tertiary/aromatic N) is 1. The van der Waals surface area contributed by atoms with Gasteiger partial charge in [0.25, 0.3) is 0 Å². The molecule has 0 atom stereocenters. The molecule has 5 aromatic rings. The van der Waals surface area contributed by atoms with Crippen molar-refractivity contribution in [1.82, 2.24) is 4.90 Å². The highest BCUT2D eigenvalue weighted by Gasteiger charge is 2.15. The fourth-order valence-corrected chi connectivity index (χ4v) is 4.14. The molecule has 1 aromatic heterocycles. The lowest BCUT2D eigenvalue weighted by Gasteiger charge is -2.13. The Morgan fingerprint density at radius 1 is 0.850 bits per heavy atom. The second-order valence-corrected chi connectivity index (χ2v) is 9.46. The van der Waals surface area contributed by atoms with Crippen molar-refractivity contribution in [3.05, 3.63) is 101 Å². The van der Waals surface area contributed by atoms with E-state index in [1.807, 2.05) is 56.3 Å². The Balaban J connectivity index is 0.00000370. The number of amides is 2. The Hall–Kier alpha value is -4.53. The van der Waals surface area contributed by atoms with Crippen molar-refractivity contribution in [2.45, 2.75) is 6.92 Å². The molecule has 9 heteroatoms. The average Bonchev–Trinajstić information content (AvgIpc) is 2.90. The van der Waals surface area contributed by atoms with Crippen LogP contribution in [0.5, 0.6) is 17.2 Å². The smallest absolute Gasteiger partial charge is 0.323 e. The van der Waals surface area contributed by atoms with E-state index in [2.05, 4.69) is 10.6 Å². The largest absolute Gasteiger partial charge is 0.488 e. The van der Waals surface area contributed by atoms with E-state index in [4.69, 9.17) is 13.9 Å². The van der Waals surface area contributed by atoms with Crippen LogP contribution in [0.4, 0.5) is 16.2 Å². The number of rotatable bonds is 8. The molecule has 0 spiro atoms. The van der Waals surface area contributed by atoms with Crippen molar-refractivity contribution in [2.75, 3.05) is 37.9 Å². The summed E-state index contributed by atoms with van der Waals surface area (Å²) in [6.45, 7) is 3.12. The molecule has 0 saturated carbocycles. The maximum atomic E-state index is 13.3. The van der Waals surface area contributed by atoms with Crippen molar-refractivity contribution in [3.8, 4) is 17.2 Å². The standard InChI is InChI=1S/C31H29N3O5.ClH/c1-20-16-26-29(35)25-13-12-24(19-27(25)39-30(26)28(17-20)37-15-14-34(2)3)38-23-11-7-10-22(18-23)33-31(36)32-21-8-5-4-6-9-21;/h4-13,16-19H,14-15H2,1-3H3,(H2,32,33,36);1H. The second kappa shape index (κ2) is 12.5. The molecule has 206 valence electrons. The minimum atomic E-state index is -0.364. The number of likely N-dealkylation sites (N-methyl/N-ethyl adjacent to an activating group) is 1. The fourth-order valence-electron chi connectivity index (χ4n) is 4.14. The summed E-state index contributed by atoms with van der Waals surface area (Å²) in [5, 5.41) is 6.51. The summed E-state index contributed by atoms with van der Waals surface area (Å²) in [6.07, 6.45) is 0. The summed E-state index contributed by atoms with van der Waals surface area (Å²) in [6, 6.07) is 24.6. The quantitative estimate of drug-likeness (QED) is 0.198. The van der Waals surface area contributed by atoms with Gasteiger partial charge in [-0.15, -0.1) is 12.4 Å². The van der Waals surface area contributed by atoms with Gasteiger partial charge in [-0.1, -0.05) is 24.3 Å². The molecule has 0 radical (unpaired) electrons. The Morgan fingerprint density at radius 2 is 1.57 bits per heavy atom. The molecule has 2 N–H and O–H groups in total. The first-order chi connectivity index (χ1) is 18.9. The molecule has 0 bridgehead atoms. The van der Waals surface area contributed by atoms with E-state index in [1.54, 1.807) is 54.6 Å². The van der Waals surface area contributed by atoms with E-state index in [-0.39, 0.29) is 23.9 Å². The van der Waals surface area contributed by atoms with Crippen LogP contribution in [0, 0.1) is 6.92 Å². The zero-order valence-corrected chi connectivity index (χ0v) is 23.2. The zero-order chi connectivity index (χ0) is 27.4. The van der Waals surface area contributed by atoms with Gasteiger partial charge in [0, 0.05) is 30.1 Å². The van der Waals surface area contributed by atoms with E-state index in [9.17, 15) is 9.59 Å². The van der Waals surface area contributed by atoms with Gasteiger partial charge >= 0.3 is 6.03 Å². The van der Waals surface area contributed by atoms with Crippen molar-refractivity contribution in [2.24, 2.45) is 0 Å². The number of aryl methyl sites for hydroxylation is 1. The Labute approximate surface area is 237 Å². The van der Waals surface area contributed by atoms with Gasteiger partial charge in [0.05, 0.1) is 10.8 Å². The van der Waals surface area contributed by atoms with Gasteiger partial charge in [0.15, 0.2) is 11.3 Å². The van der Waals surface area contributed by atoms with Crippen molar-refractivity contribution in [1.29, 1.82) is 0 Å². The van der Waals surface area contributed by atoms with Crippen LogP contribution in [0.15, 0.2) is 94.1 Å². The van der Waals surface area contributed by atoms with Crippen LogP contribution in [0.2, 0.25) is 0 Å². The maximum absolute atomic E-state index is 13.3. The van der Waals surface area contributed by atoms with Crippen LogP contribution in [0.1, 0.15) is 5.56 Å². The molecular weight excluding hydrogens is 530 g/mol. The molecule has 40 heavy (non-hydrogen) atoms. The molecule has 1 heterocycles. The SMILES string of the molecule is Cc1cc(OCCN(C)C)c2oc3cc(Oc4cccc(NC(=O)Nc5ccccc5)c4)ccc3c(=O)c2c1.Cl. The maximum Gasteiger partial charge on any atom is 0.323 e. The Morgan fingerprint density at radius 3 is 2.35 bits per heavy atom. The van der Waals surface area contributed by atoms with Gasteiger partial charge in [-0.2, -0.15) is 0 Å². The molecule has 5 rings (SSSR count). The van der Waals surface area contributed by atoms with Gasteiger partial charge in [-0.25, -0.2) is 4.79 Å². The summed E-state index contributed by atoms with van der Waals surface area (Å²) in [7, 11) is 3.94. The Bertz CT molecular complexity index is 1700. The molecule has 0 saturated heterocycles. The zero-order valence-electron chi connectivity index (χ0n) is 22.4. The van der Waals surface area contributed by atoms with Gasteiger partial charge in [0.1, 0.15) is 23.7 Å². The molecule has 0 fully saturated rings. The third-order valence-electron chi connectivity index (χ3n) is 6.01. The van der Waals surface area contributed by atoms with Gasteiger partial charge in [-0.3, -0.25) is 4.79 Å². The van der Waals surface area contributed by atoms with Crippen molar-refractivity contribution < 1.29 is 18.7 Å². The fraction of sp³-hybridized carbons (Fsp3) is 0.161. The molecule has 0 aliphatic carbocycles. The highest BCUT2D eigenvalue weighted by Crippen LogP contribution is 2.32. The summed E-state index contributed by atoms with van der Waals surface area (Å²) in [4.78, 5) is 27.7. The molecule has 8 nitrogen and oxygen atoms in total. The van der Waals surface area contributed by atoms with Crippen molar-refractivity contribution in [3.63, 3.8) is 0 Å². The van der Waals surface area contributed by atoms with E-state index < -0.39 is 0 Å². The number of urea groups is 1. The second-order valence-electron chi connectivity index (χ2n) is 9.46. The Kier molecular flexibility index (Phi) is 8.93. The first kappa shape index (κ1) is 28.5. The first-order valence-corrected chi connectivity index (χ1v) is 12.6. The third-order valence-corrected chi connectivity index (χ3v) is 6.01. The van der Waals surface area contributed by atoms with Crippen LogP contribution in [0.3, 0.4) is 0 Å². The summed E-state index contributed by atoms with van der Waals surface area (Å²) < 4.78 is 18.2. The van der Waals surface area contributed by atoms with E-state index in [0.717, 1.165) is 12.1 Å². The van der Waals surface area contributed by atoms with E-state index in [1.165, 1.54) is 0 Å². The average molecular weight is 560 g/mol. The summed E-state index contributed by atoms with van der Waals surface area (Å²) in [5.41, 5.74) is 2.84. The number of carbonyl (C=O) groups excluding carboxylic acids is 1. The van der Waals surface area contributed by atoms with Crippen LogP contribution in [0.25, 0.3) is 21.9 Å². The normalized spacial score (nSPS) is 10.8. The molecule has 4 aromatic carbocycles. The monoisotopic (exact) mass is 559 g/mol. The lowest BCUT2D eigenvalue weighted by molar-refractivity contribution is 0.261. The summed E-state index contributed by atoms with van der Waals surface area (Å²) in [5.74, 6) is 1.53. The number of carbonyl (C=O) groups is 1. The van der Waals surface area contributed by atoms with Crippen molar-refractivity contribution >= 4 is 51.8 Å². The molecule has 0 unspecified atom stereocenters. The number of benzene rings is 4. The predicted octanol–water partition coefficient (Wildman–Crippen LogP) is 7.05. The highest BCUT2D eigenvalue weighted by atomic mass is 35.5. The van der Waals surface area contributed by atoms with E-state index >= 15 is 0 Å². The van der Waals surface area contributed by atoms with Gasteiger partial charge in [-0.05, 0) is 75.1 Å². The number of halogens is 1. The van der Waals surface area contributed by atoms with Crippen LogP contribution in [-0.2, 0) is 0 Å². The number of para-hydroxylation sites is 1. The van der Waals surface area contributed by atoms with Crippen LogP contribution in [-0.4, -0.2) is 38.2 Å². The number of nitrogens with one attached hydrogen (secondary N) is 2. The molecule has 2 amide bonds. The number of hydrogen-bond acceptors (Lipinski definition) is 6. The lowest BCUT2D eigenvalue weighted by Crippen LogP contribution is -2.19. The summed E-state index contributed by atoms with van der Waals surface area (Å²) >= 11 is 0. The minimum Gasteiger partial charge on any atom is -0.488 e. The number of fused-ring (bicyclic) bond motifs is 2. The van der Waals surface area contributed by atoms with Crippen LogP contribution < -0.4 is 25.5 Å². The number of hydrogen-bond donors (Lipinski definition) is 2. The highest BCUT2D eigenvalue weighted by molar-refractivity contribution is 5.99. The molecule has 0 aliphatic heterocycles. The first-order valence-electron chi connectivity index (χ1n) is 12.6. The van der Waals surface area contributed by atoms with Gasteiger partial charge in [0.2, 0.25) is 5.43 Å². The van der Waals surface area contributed by atoms with E-state index in [0.29, 0.717) is 57.2 Å². The lowest BCUT2D eigenvalue weighted by atomic mass is 10.1. The number of anilines is 2. The topological polar surface area (TPSA) is 93.0 Å². The predicted molar refractivity (Wildman–Crippen MR) is 162 cm³/mol. The molecular formula is C31H30ClN3O5. The molecule has 0 aliphatic rings. The third kappa shape index (κ3) is 6.72.